The van der Waals surface area contributed by atoms with Gasteiger partial charge in [-0.15, -0.1) is 0 Å². The van der Waals surface area contributed by atoms with E-state index in [2.05, 4.69) is 4.74 Å². The minimum Gasteiger partial charge on any atom is -0.482 e. The summed E-state index contributed by atoms with van der Waals surface area (Å²) in [5.41, 5.74) is 0.721. The molecule has 0 amide bonds. The predicted molar refractivity (Wildman–Crippen MR) is 60.6 cm³/mol. The van der Waals surface area contributed by atoms with Gasteiger partial charge in [-0.1, -0.05) is 12.1 Å². The lowest BCUT2D eigenvalue weighted by atomic mass is 10.2. The van der Waals surface area contributed by atoms with E-state index in [1.165, 1.54) is 13.2 Å². The molecule has 0 saturated carbocycles. The predicted octanol–water partition coefficient (Wildman–Crippen LogP) is 1.34. The molecule has 0 aliphatic heterocycles. The molecule has 0 aliphatic rings. The molecule has 1 aromatic carbocycles. The fourth-order valence-electron chi connectivity index (χ4n) is 1.09. The van der Waals surface area contributed by atoms with Crippen molar-refractivity contribution in [2.45, 2.75) is 0 Å². The van der Waals surface area contributed by atoms with E-state index >= 15 is 0 Å². The summed E-state index contributed by atoms with van der Waals surface area (Å²) in [4.78, 5) is 21.2. The molecule has 0 fully saturated rings. The van der Waals surface area contributed by atoms with E-state index in [1.807, 2.05) is 0 Å². The third-order valence-electron chi connectivity index (χ3n) is 1.83. The van der Waals surface area contributed by atoms with Crippen LogP contribution in [0.4, 0.5) is 0 Å². The van der Waals surface area contributed by atoms with Gasteiger partial charge >= 0.3 is 11.9 Å². The zero-order valence-corrected chi connectivity index (χ0v) is 9.25. The fraction of sp³-hybridized carbons (Fsp3) is 0.167. The zero-order valence-electron chi connectivity index (χ0n) is 9.25. The molecule has 0 radical (unpaired) electrons. The van der Waals surface area contributed by atoms with Gasteiger partial charge in [0.15, 0.2) is 6.61 Å². The second-order valence-corrected chi connectivity index (χ2v) is 3.11. The summed E-state index contributed by atoms with van der Waals surface area (Å²) in [7, 11) is 1.29. The minimum absolute atomic E-state index is 0.399. The number of aliphatic carboxylic acids is 1. The van der Waals surface area contributed by atoms with Crippen LogP contribution in [0.5, 0.6) is 5.75 Å². The van der Waals surface area contributed by atoms with Gasteiger partial charge in [0.25, 0.3) is 0 Å². The third-order valence-corrected chi connectivity index (χ3v) is 1.83. The number of hydrogen-bond acceptors (Lipinski definition) is 4. The van der Waals surface area contributed by atoms with E-state index < -0.39 is 18.5 Å². The number of carboxylic acid groups (broad SMARTS) is 1. The summed E-state index contributed by atoms with van der Waals surface area (Å²) in [6.07, 6.45) is 2.83. The van der Waals surface area contributed by atoms with Crippen molar-refractivity contribution < 1.29 is 24.2 Å². The molecule has 0 aromatic heterocycles. The summed E-state index contributed by atoms with van der Waals surface area (Å²) >= 11 is 0. The van der Waals surface area contributed by atoms with Crippen molar-refractivity contribution in [3.63, 3.8) is 0 Å². The first kappa shape index (κ1) is 12.8. The Balaban J connectivity index is 2.68. The van der Waals surface area contributed by atoms with Crippen molar-refractivity contribution in [3.05, 3.63) is 35.9 Å². The average molecular weight is 236 g/mol. The molecule has 0 unspecified atom stereocenters. The van der Waals surface area contributed by atoms with Crippen molar-refractivity contribution in [2.75, 3.05) is 13.7 Å². The Hall–Kier alpha value is -2.30. The van der Waals surface area contributed by atoms with Crippen molar-refractivity contribution in [2.24, 2.45) is 0 Å². The Bertz CT molecular complexity index is 436. The van der Waals surface area contributed by atoms with Crippen LogP contribution in [0.15, 0.2) is 30.3 Å². The summed E-state index contributed by atoms with van der Waals surface area (Å²) in [5, 5.41) is 8.45. The minimum atomic E-state index is -1.04. The van der Waals surface area contributed by atoms with Crippen LogP contribution in [0.3, 0.4) is 0 Å². The SMILES string of the molecule is COC(=O)/C=C/c1cccc(OCC(=O)O)c1. The fourth-order valence-corrected chi connectivity index (χ4v) is 1.09. The molecule has 90 valence electrons. The highest BCUT2D eigenvalue weighted by Crippen LogP contribution is 2.14. The van der Waals surface area contributed by atoms with E-state index in [4.69, 9.17) is 9.84 Å². The molecule has 17 heavy (non-hydrogen) atoms. The number of carboxylic acids is 1. The first-order valence-electron chi connectivity index (χ1n) is 4.82. The van der Waals surface area contributed by atoms with Gasteiger partial charge < -0.3 is 14.6 Å². The molecule has 1 N–H and O–H groups in total. The van der Waals surface area contributed by atoms with Gasteiger partial charge in [-0.2, -0.15) is 0 Å². The number of methoxy groups -OCH3 is 1. The van der Waals surface area contributed by atoms with E-state index in [-0.39, 0.29) is 0 Å². The number of rotatable bonds is 5. The first-order valence-corrected chi connectivity index (χ1v) is 4.82. The lowest BCUT2D eigenvalue weighted by Crippen LogP contribution is -2.09. The number of benzene rings is 1. The van der Waals surface area contributed by atoms with Crippen molar-refractivity contribution in [3.8, 4) is 5.75 Å². The maximum absolute atomic E-state index is 10.9. The Morgan fingerprint density at radius 2 is 2.18 bits per heavy atom. The van der Waals surface area contributed by atoms with E-state index in [9.17, 15) is 9.59 Å². The lowest BCUT2D eigenvalue weighted by molar-refractivity contribution is -0.139. The van der Waals surface area contributed by atoms with Crippen LogP contribution in [-0.4, -0.2) is 30.8 Å². The first-order chi connectivity index (χ1) is 8.11. The van der Waals surface area contributed by atoms with Crippen LogP contribution in [0.2, 0.25) is 0 Å². The smallest absolute Gasteiger partial charge is 0.341 e. The Kier molecular flexibility index (Phi) is 4.75. The highest BCUT2D eigenvalue weighted by atomic mass is 16.5. The van der Waals surface area contributed by atoms with Gasteiger partial charge in [0, 0.05) is 6.08 Å². The second kappa shape index (κ2) is 6.32. The molecule has 0 heterocycles. The topological polar surface area (TPSA) is 72.8 Å². The van der Waals surface area contributed by atoms with E-state index in [1.54, 1.807) is 30.3 Å². The van der Waals surface area contributed by atoms with Crippen LogP contribution in [0.1, 0.15) is 5.56 Å². The number of esters is 1. The Labute approximate surface area is 98.3 Å². The van der Waals surface area contributed by atoms with Gasteiger partial charge in [0.05, 0.1) is 7.11 Å². The maximum Gasteiger partial charge on any atom is 0.341 e. The van der Waals surface area contributed by atoms with E-state index in [0.717, 1.165) is 5.56 Å². The molecule has 5 nitrogen and oxygen atoms in total. The molecule has 0 saturated heterocycles. The van der Waals surface area contributed by atoms with Gasteiger partial charge in [-0.05, 0) is 23.8 Å². The highest BCUT2D eigenvalue weighted by molar-refractivity contribution is 5.86. The number of carbonyl (C=O) groups is 2. The molecule has 0 bridgehead atoms. The Morgan fingerprint density at radius 3 is 2.82 bits per heavy atom. The number of ether oxygens (including phenoxy) is 2. The summed E-state index contributed by atoms with van der Waals surface area (Å²) in [6, 6.07) is 6.72. The van der Waals surface area contributed by atoms with Crippen molar-refractivity contribution in [1.82, 2.24) is 0 Å². The largest absolute Gasteiger partial charge is 0.482 e. The summed E-state index contributed by atoms with van der Waals surface area (Å²) in [6.45, 7) is -0.399. The van der Waals surface area contributed by atoms with Crippen LogP contribution >= 0.6 is 0 Å². The molecule has 0 spiro atoms. The van der Waals surface area contributed by atoms with Crippen molar-refractivity contribution in [1.29, 1.82) is 0 Å². The summed E-state index contributed by atoms with van der Waals surface area (Å²) < 4.78 is 9.44. The van der Waals surface area contributed by atoms with Gasteiger partial charge in [-0.3, -0.25) is 0 Å². The normalized spacial score (nSPS) is 10.2. The number of carbonyl (C=O) groups excluding carboxylic acids is 1. The van der Waals surface area contributed by atoms with Crippen LogP contribution < -0.4 is 4.74 Å². The van der Waals surface area contributed by atoms with Crippen LogP contribution in [0.25, 0.3) is 6.08 Å². The van der Waals surface area contributed by atoms with Crippen LogP contribution in [-0.2, 0) is 14.3 Å². The van der Waals surface area contributed by atoms with E-state index in [0.29, 0.717) is 5.75 Å². The highest BCUT2D eigenvalue weighted by Gasteiger charge is 1.99. The molecule has 0 aliphatic carbocycles. The molecule has 5 heteroatoms. The quantitative estimate of drug-likeness (QED) is 0.616. The summed E-state index contributed by atoms with van der Waals surface area (Å²) in [5.74, 6) is -1.07. The molecular formula is C12H12O5. The Morgan fingerprint density at radius 1 is 1.41 bits per heavy atom. The monoisotopic (exact) mass is 236 g/mol. The van der Waals surface area contributed by atoms with Gasteiger partial charge in [0.1, 0.15) is 5.75 Å². The lowest BCUT2D eigenvalue weighted by Gasteiger charge is -2.03. The maximum atomic E-state index is 10.9. The molecule has 1 aromatic rings. The van der Waals surface area contributed by atoms with Gasteiger partial charge in [0.2, 0.25) is 0 Å². The average Bonchev–Trinajstić information content (AvgIpc) is 2.34. The van der Waals surface area contributed by atoms with Crippen LogP contribution in [0, 0.1) is 0 Å². The molecule has 1 rings (SSSR count). The molecular weight excluding hydrogens is 224 g/mol. The third kappa shape index (κ3) is 4.83. The zero-order chi connectivity index (χ0) is 12.7. The standard InChI is InChI=1S/C12H12O5/c1-16-12(15)6-5-9-3-2-4-10(7-9)17-8-11(13)14/h2-7H,8H2,1H3,(H,13,14)/b6-5+. The second-order valence-electron chi connectivity index (χ2n) is 3.11. The van der Waals surface area contributed by atoms with Crippen molar-refractivity contribution >= 4 is 18.0 Å². The van der Waals surface area contributed by atoms with Gasteiger partial charge in [-0.25, -0.2) is 9.59 Å². The number of hydrogen-bond donors (Lipinski definition) is 1. The molecule has 0 atom stereocenters.